The summed E-state index contributed by atoms with van der Waals surface area (Å²) in [6.45, 7) is 6.51. The molecule has 0 spiro atoms. The lowest BCUT2D eigenvalue weighted by atomic mass is 10.1. The molecule has 1 rings (SSSR count). The van der Waals surface area contributed by atoms with Crippen molar-refractivity contribution < 1.29 is 8.42 Å². The SMILES string of the molecule is [CH2]c1ccc(S(=O)(=O)NCCCCCCCCCCCC)s1. The highest BCUT2D eigenvalue weighted by Gasteiger charge is 2.14. The van der Waals surface area contributed by atoms with Crippen molar-refractivity contribution in [2.45, 2.75) is 75.3 Å². The van der Waals surface area contributed by atoms with Gasteiger partial charge in [-0.05, 0) is 25.5 Å². The highest BCUT2D eigenvalue weighted by atomic mass is 32.2. The molecule has 22 heavy (non-hydrogen) atoms. The standard InChI is InChI=1S/C17H30NO2S2/c1-3-4-5-6-7-8-9-10-11-12-15-18-22(19,20)17-14-13-16(2)21-17/h13-14,18H,2-12,15H2,1H3. The lowest BCUT2D eigenvalue weighted by molar-refractivity contribution is 0.549. The van der Waals surface area contributed by atoms with Crippen LogP contribution in [0.1, 0.15) is 76.0 Å². The Kier molecular flexibility index (Phi) is 10.0. The second-order valence-electron chi connectivity index (χ2n) is 5.80. The largest absolute Gasteiger partial charge is 0.250 e. The number of nitrogens with one attached hydrogen (secondary N) is 1. The fourth-order valence-electron chi connectivity index (χ4n) is 2.39. The second-order valence-corrected chi connectivity index (χ2v) is 8.96. The van der Waals surface area contributed by atoms with Gasteiger partial charge in [0.05, 0.1) is 0 Å². The van der Waals surface area contributed by atoms with Gasteiger partial charge < -0.3 is 0 Å². The number of rotatable bonds is 13. The fraction of sp³-hybridized carbons (Fsp3) is 0.706. The Labute approximate surface area is 140 Å². The van der Waals surface area contributed by atoms with Gasteiger partial charge in [0.25, 0.3) is 0 Å². The highest BCUT2D eigenvalue weighted by molar-refractivity contribution is 7.91. The first-order valence-corrected chi connectivity index (χ1v) is 10.8. The van der Waals surface area contributed by atoms with Crippen molar-refractivity contribution in [3.8, 4) is 0 Å². The molecule has 1 aromatic heterocycles. The van der Waals surface area contributed by atoms with Crippen LogP contribution in [0.5, 0.6) is 0 Å². The van der Waals surface area contributed by atoms with Gasteiger partial charge >= 0.3 is 0 Å². The second kappa shape index (κ2) is 11.2. The Morgan fingerprint density at radius 1 is 0.955 bits per heavy atom. The number of thiophene rings is 1. The zero-order valence-corrected chi connectivity index (χ0v) is 15.4. The minimum absolute atomic E-state index is 0.365. The number of sulfonamides is 1. The van der Waals surface area contributed by atoms with E-state index in [4.69, 9.17) is 0 Å². The van der Waals surface area contributed by atoms with Gasteiger partial charge in [-0.2, -0.15) is 0 Å². The zero-order valence-electron chi connectivity index (χ0n) is 13.8. The number of hydrogen-bond acceptors (Lipinski definition) is 3. The summed E-state index contributed by atoms with van der Waals surface area (Å²) in [5, 5.41) is 0. The summed E-state index contributed by atoms with van der Waals surface area (Å²) in [7, 11) is -3.32. The van der Waals surface area contributed by atoms with E-state index in [-0.39, 0.29) is 0 Å². The van der Waals surface area contributed by atoms with E-state index in [9.17, 15) is 8.42 Å². The molecule has 0 bridgehead atoms. The van der Waals surface area contributed by atoms with E-state index in [0.29, 0.717) is 10.8 Å². The van der Waals surface area contributed by atoms with Crippen molar-refractivity contribution in [3.63, 3.8) is 0 Å². The maximum atomic E-state index is 12.0. The minimum atomic E-state index is -3.32. The van der Waals surface area contributed by atoms with E-state index in [1.54, 1.807) is 12.1 Å². The van der Waals surface area contributed by atoms with Gasteiger partial charge in [-0.3, -0.25) is 0 Å². The summed E-state index contributed by atoms with van der Waals surface area (Å²) in [5.41, 5.74) is 0. The van der Waals surface area contributed by atoms with Crippen LogP contribution in [0.15, 0.2) is 16.3 Å². The van der Waals surface area contributed by atoms with E-state index in [1.165, 1.54) is 62.7 Å². The van der Waals surface area contributed by atoms with Crippen LogP contribution in [-0.4, -0.2) is 15.0 Å². The molecule has 3 nitrogen and oxygen atoms in total. The third-order valence-electron chi connectivity index (χ3n) is 3.72. The van der Waals surface area contributed by atoms with Gasteiger partial charge in [0.1, 0.15) is 4.21 Å². The fourth-order valence-corrected chi connectivity index (χ4v) is 4.66. The third-order valence-corrected chi connectivity index (χ3v) is 6.62. The molecule has 0 saturated carbocycles. The van der Waals surface area contributed by atoms with Crippen molar-refractivity contribution in [1.82, 2.24) is 4.72 Å². The van der Waals surface area contributed by atoms with Crippen LogP contribution >= 0.6 is 11.3 Å². The molecule has 0 atom stereocenters. The quantitative estimate of drug-likeness (QED) is 0.504. The topological polar surface area (TPSA) is 46.2 Å². The van der Waals surface area contributed by atoms with Crippen LogP contribution in [0.3, 0.4) is 0 Å². The van der Waals surface area contributed by atoms with Gasteiger partial charge in [0, 0.05) is 11.4 Å². The molecule has 0 unspecified atom stereocenters. The Morgan fingerprint density at radius 2 is 1.50 bits per heavy atom. The molecule has 0 amide bonds. The summed E-state index contributed by atoms with van der Waals surface area (Å²) in [6.07, 6.45) is 12.6. The molecule has 1 aromatic rings. The van der Waals surface area contributed by atoms with Crippen LogP contribution in [-0.2, 0) is 10.0 Å². The normalized spacial score (nSPS) is 11.9. The molecule has 0 aliphatic rings. The summed E-state index contributed by atoms with van der Waals surface area (Å²) in [5.74, 6) is 0. The van der Waals surface area contributed by atoms with Crippen LogP contribution in [0, 0.1) is 6.92 Å². The van der Waals surface area contributed by atoms with Crippen molar-refractivity contribution in [3.05, 3.63) is 23.9 Å². The van der Waals surface area contributed by atoms with Gasteiger partial charge in [0.2, 0.25) is 10.0 Å². The molecule has 1 heterocycles. The molecule has 0 aliphatic heterocycles. The Morgan fingerprint density at radius 3 is 2.00 bits per heavy atom. The van der Waals surface area contributed by atoms with E-state index < -0.39 is 10.0 Å². The third kappa shape index (κ3) is 8.30. The molecule has 1 radical (unpaired) electrons. The van der Waals surface area contributed by atoms with Crippen LogP contribution in [0.2, 0.25) is 0 Å². The summed E-state index contributed by atoms with van der Waals surface area (Å²) < 4.78 is 27.0. The van der Waals surface area contributed by atoms with Crippen molar-refractivity contribution >= 4 is 21.4 Å². The minimum Gasteiger partial charge on any atom is -0.210 e. The molecule has 127 valence electrons. The smallest absolute Gasteiger partial charge is 0.210 e. The van der Waals surface area contributed by atoms with E-state index >= 15 is 0 Å². The first kappa shape index (κ1) is 19.7. The lowest BCUT2D eigenvalue weighted by Gasteiger charge is -2.05. The van der Waals surface area contributed by atoms with E-state index in [2.05, 4.69) is 18.6 Å². The molecule has 1 N–H and O–H groups in total. The molecule has 0 aliphatic carbocycles. The first-order chi connectivity index (χ1) is 10.6. The van der Waals surface area contributed by atoms with Crippen molar-refractivity contribution in [1.29, 1.82) is 0 Å². The first-order valence-electron chi connectivity index (χ1n) is 8.47. The maximum absolute atomic E-state index is 12.0. The zero-order chi connectivity index (χ0) is 16.3. The number of hydrogen-bond donors (Lipinski definition) is 1. The van der Waals surface area contributed by atoms with Crippen LogP contribution in [0.25, 0.3) is 0 Å². The lowest BCUT2D eigenvalue weighted by Crippen LogP contribution is -2.23. The predicted octanol–water partition coefficient (Wildman–Crippen LogP) is 5.13. The average Bonchev–Trinajstić information content (AvgIpc) is 2.92. The van der Waals surface area contributed by atoms with E-state index in [0.717, 1.165) is 17.7 Å². The molecule has 0 aromatic carbocycles. The Bertz CT molecular complexity index is 495. The molecule has 0 fully saturated rings. The molecular formula is C17H30NO2S2. The van der Waals surface area contributed by atoms with Gasteiger partial charge in [0.15, 0.2) is 0 Å². The van der Waals surface area contributed by atoms with Crippen LogP contribution in [0.4, 0.5) is 0 Å². The number of unbranched alkanes of at least 4 members (excludes halogenated alkanes) is 9. The highest BCUT2D eigenvalue weighted by Crippen LogP contribution is 2.20. The van der Waals surface area contributed by atoms with Crippen molar-refractivity contribution in [2.75, 3.05) is 6.54 Å². The maximum Gasteiger partial charge on any atom is 0.250 e. The van der Waals surface area contributed by atoms with Gasteiger partial charge in [-0.15, -0.1) is 11.3 Å². The molecule has 5 heteroatoms. The monoisotopic (exact) mass is 344 g/mol. The predicted molar refractivity (Wildman–Crippen MR) is 95.8 cm³/mol. The Hall–Kier alpha value is -0.390. The van der Waals surface area contributed by atoms with Crippen LogP contribution < -0.4 is 4.72 Å². The average molecular weight is 345 g/mol. The summed E-state index contributed by atoms with van der Waals surface area (Å²) >= 11 is 1.22. The molecule has 0 saturated heterocycles. The van der Waals surface area contributed by atoms with Gasteiger partial charge in [-0.25, -0.2) is 13.1 Å². The van der Waals surface area contributed by atoms with E-state index in [1.807, 2.05) is 0 Å². The summed E-state index contributed by atoms with van der Waals surface area (Å²) in [6, 6.07) is 3.35. The van der Waals surface area contributed by atoms with Crippen molar-refractivity contribution in [2.24, 2.45) is 0 Å². The Balaban J connectivity index is 1.99. The summed E-state index contributed by atoms with van der Waals surface area (Å²) in [4.78, 5) is 0.777. The van der Waals surface area contributed by atoms with Gasteiger partial charge in [-0.1, -0.05) is 64.7 Å². The molecular weight excluding hydrogens is 314 g/mol.